The zero-order valence-electron chi connectivity index (χ0n) is 12.0. The lowest BCUT2D eigenvalue weighted by atomic mass is 9.76. The minimum Gasteiger partial charge on any atom is -0.379 e. The second-order valence-electron chi connectivity index (χ2n) is 5.66. The summed E-state index contributed by atoms with van der Waals surface area (Å²) in [5, 5.41) is 8.74. The molecule has 0 bridgehead atoms. The van der Waals surface area contributed by atoms with Crippen LogP contribution in [0, 0.1) is 11.3 Å². The van der Waals surface area contributed by atoms with E-state index in [9.17, 15) is 4.79 Å². The van der Waals surface area contributed by atoms with Crippen LogP contribution >= 0.6 is 0 Å². The number of amides is 1. The molecule has 6 heteroatoms. The summed E-state index contributed by atoms with van der Waals surface area (Å²) >= 11 is 0. The predicted molar refractivity (Wildman–Crippen MR) is 74.8 cm³/mol. The van der Waals surface area contributed by atoms with Crippen LogP contribution in [0.25, 0.3) is 0 Å². The predicted octanol–water partition coefficient (Wildman–Crippen LogP) is -0.0577. The molecule has 2 N–H and O–H groups in total. The van der Waals surface area contributed by atoms with Crippen LogP contribution in [-0.2, 0) is 9.53 Å². The lowest BCUT2D eigenvalue weighted by Crippen LogP contribution is -2.60. The van der Waals surface area contributed by atoms with Gasteiger partial charge >= 0.3 is 0 Å². The van der Waals surface area contributed by atoms with Crippen LogP contribution in [0.2, 0.25) is 0 Å². The number of ether oxygens (including phenoxy) is 1. The van der Waals surface area contributed by atoms with Gasteiger partial charge in [-0.2, -0.15) is 5.26 Å². The van der Waals surface area contributed by atoms with Gasteiger partial charge in [0.25, 0.3) is 0 Å². The van der Waals surface area contributed by atoms with E-state index in [1.54, 1.807) is 4.90 Å². The standard InChI is InChI=1S/C14H24N4O2/c15-5-2-6-18(13(19)14(16)3-1-4-14)8-7-17-9-11-20-12-10-17/h1-4,6-12,16H2. The minimum absolute atomic E-state index is 0.0206. The molecule has 2 rings (SSSR count). The topological polar surface area (TPSA) is 82.6 Å². The summed E-state index contributed by atoms with van der Waals surface area (Å²) in [5.74, 6) is 0.0206. The Kier molecular flexibility index (Phi) is 5.35. The fourth-order valence-corrected chi connectivity index (χ4v) is 2.67. The molecule has 0 radical (unpaired) electrons. The number of morpholine rings is 1. The maximum Gasteiger partial charge on any atom is 0.242 e. The molecular formula is C14H24N4O2. The van der Waals surface area contributed by atoms with Crippen LogP contribution in [0.4, 0.5) is 0 Å². The molecule has 0 aromatic rings. The number of nitrogens with two attached hydrogens (primary N) is 1. The van der Waals surface area contributed by atoms with E-state index in [2.05, 4.69) is 11.0 Å². The highest BCUT2D eigenvalue weighted by Crippen LogP contribution is 2.31. The highest BCUT2D eigenvalue weighted by Gasteiger charge is 2.42. The van der Waals surface area contributed by atoms with Gasteiger partial charge in [-0.25, -0.2) is 0 Å². The van der Waals surface area contributed by atoms with Crippen molar-refractivity contribution in [1.82, 2.24) is 9.80 Å². The third-order valence-electron chi connectivity index (χ3n) is 4.24. The van der Waals surface area contributed by atoms with Gasteiger partial charge < -0.3 is 15.4 Å². The van der Waals surface area contributed by atoms with Crippen LogP contribution in [0.3, 0.4) is 0 Å². The van der Waals surface area contributed by atoms with Crippen LogP contribution < -0.4 is 5.73 Å². The Bertz CT molecular complexity index is 370. The second-order valence-corrected chi connectivity index (χ2v) is 5.66. The number of carbonyl (C=O) groups excluding carboxylic acids is 1. The van der Waals surface area contributed by atoms with Crippen molar-refractivity contribution < 1.29 is 9.53 Å². The molecule has 2 fully saturated rings. The number of nitrogens with zero attached hydrogens (tertiary/aromatic N) is 3. The van der Waals surface area contributed by atoms with Gasteiger partial charge in [-0.15, -0.1) is 0 Å². The Balaban J connectivity index is 1.85. The molecule has 1 saturated heterocycles. The van der Waals surface area contributed by atoms with Gasteiger partial charge in [0.15, 0.2) is 0 Å². The number of hydrogen-bond acceptors (Lipinski definition) is 5. The summed E-state index contributed by atoms with van der Waals surface area (Å²) in [6.45, 7) is 5.30. The average molecular weight is 280 g/mol. The van der Waals surface area contributed by atoms with E-state index < -0.39 is 5.54 Å². The van der Waals surface area contributed by atoms with Gasteiger partial charge in [0.2, 0.25) is 5.91 Å². The summed E-state index contributed by atoms with van der Waals surface area (Å²) in [5.41, 5.74) is 5.45. The molecule has 6 nitrogen and oxygen atoms in total. The number of rotatable bonds is 6. The Morgan fingerprint density at radius 1 is 1.35 bits per heavy atom. The molecule has 1 saturated carbocycles. The Morgan fingerprint density at radius 3 is 2.60 bits per heavy atom. The van der Waals surface area contributed by atoms with Crippen molar-refractivity contribution >= 4 is 5.91 Å². The smallest absolute Gasteiger partial charge is 0.242 e. The Labute approximate surface area is 120 Å². The zero-order valence-corrected chi connectivity index (χ0v) is 12.0. The van der Waals surface area contributed by atoms with Crippen molar-refractivity contribution in [1.29, 1.82) is 5.26 Å². The fourth-order valence-electron chi connectivity index (χ4n) is 2.67. The first kappa shape index (κ1) is 15.2. The Hall–Kier alpha value is -1.16. The summed E-state index contributed by atoms with van der Waals surface area (Å²) in [6, 6.07) is 2.11. The van der Waals surface area contributed by atoms with Crippen molar-refractivity contribution in [3.63, 3.8) is 0 Å². The van der Waals surface area contributed by atoms with E-state index in [1.165, 1.54) is 0 Å². The largest absolute Gasteiger partial charge is 0.379 e. The van der Waals surface area contributed by atoms with E-state index >= 15 is 0 Å². The molecule has 0 aromatic heterocycles. The van der Waals surface area contributed by atoms with Crippen molar-refractivity contribution in [3.8, 4) is 6.07 Å². The van der Waals surface area contributed by atoms with Crippen molar-refractivity contribution in [3.05, 3.63) is 0 Å². The molecule has 0 spiro atoms. The van der Waals surface area contributed by atoms with Crippen LogP contribution in [0.15, 0.2) is 0 Å². The maximum absolute atomic E-state index is 12.5. The van der Waals surface area contributed by atoms with Gasteiger partial charge in [0, 0.05) is 32.7 Å². The van der Waals surface area contributed by atoms with Crippen molar-refractivity contribution in [2.75, 3.05) is 45.9 Å². The third-order valence-corrected chi connectivity index (χ3v) is 4.24. The summed E-state index contributed by atoms with van der Waals surface area (Å²) < 4.78 is 5.31. The molecule has 1 aliphatic carbocycles. The van der Waals surface area contributed by atoms with Gasteiger partial charge in [0.05, 0.1) is 31.2 Å². The third kappa shape index (κ3) is 3.69. The molecule has 1 heterocycles. The summed E-state index contributed by atoms with van der Waals surface area (Å²) in [6.07, 6.45) is 2.93. The van der Waals surface area contributed by atoms with Crippen molar-refractivity contribution in [2.45, 2.75) is 31.2 Å². The first-order valence-electron chi connectivity index (χ1n) is 7.41. The van der Waals surface area contributed by atoms with Crippen LogP contribution in [0.5, 0.6) is 0 Å². The monoisotopic (exact) mass is 280 g/mol. The average Bonchev–Trinajstić information content (AvgIpc) is 2.45. The number of carbonyl (C=O) groups is 1. The number of hydrogen-bond donors (Lipinski definition) is 1. The molecule has 1 amide bonds. The van der Waals surface area contributed by atoms with Gasteiger partial charge in [-0.3, -0.25) is 9.69 Å². The molecule has 0 atom stereocenters. The van der Waals surface area contributed by atoms with Crippen LogP contribution in [-0.4, -0.2) is 67.2 Å². The molecule has 0 aromatic carbocycles. The van der Waals surface area contributed by atoms with Crippen LogP contribution in [0.1, 0.15) is 25.7 Å². The van der Waals surface area contributed by atoms with Crippen molar-refractivity contribution in [2.24, 2.45) is 5.73 Å². The van der Waals surface area contributed by atoms with Gasteiger partial charge in [-0.05, 0) is 19.3 Å². The first-order valence-corrected chi connectivity index (χ1v) is 7.41. The van der Waals surface area contributed by atoms with E-state index in [4.69, 9.17) is 15.7 Å². The highest BCUT2D eigenvalue weighted by atomic mass is 16.5. The highest BCUT2D eigenvalue weighted by molar-refractivity contribution is 5.87. The molecule has 112 valence electrons. The Morgan fingerprint density at radius 2 is 2.05 bits per heavy atom. The van der Waals surface area contributed by atoms with E-state index in [1.807, 2.05) is 0 Å². The SMILES string of the molecule is N#CCCN(CCN1CCOCC1)C(=O)C1(N)CCC1. The molecule has 1 aliphatic heterocycles. The fraction of sp³-hybridized carbons (Fsp3) is 0.857. The maximum atomic E-state index is 12.5. The first-order chi connectivity index (χ1) is 9.65. The van der Waals surface area contributed by atoms with E-state index in [-0.39, 0.29) is 5.91 Å². The molecule has 20 heavy (non-hydrogen) atoms. The lowest BCUT2D eigenvalue weighted by molar-refractivity contribution is -0.140. The molecule has 2 aliphatic rings. The second kappa shape index (κ2) is 7.02. The molecule has 0 unspecified atom stereocenters. The lowest BCUT2D eigenvalue weighted by Gasteiger charge is -2.41. The zero-order chi connectivity index (χ0) is 14.4. The normalized spacial score (nSPS) is 21.8. The minimum atomic E-state index is -0.666. The van der Waals surface area contributed by atoms with Gasteiger partial charge in [-0.1, -0.05) is 0 Å². The number of nitriles is 1. The quantitative estimate of drug-likeness (QED) is 0.737. The summed E-state index contributed by atoms with van der Waals surface area (Å²) in [7, 11) is 0. The van der Waals surface area contributed by atoms with Gasteiger partial charge in [0.1, 0.15) is 0 Å². The summed E-state index contributed by atoms with van der Waals surface area (Å²) in [4.78, 5) is 16.5. The molecular weight excluding hydrogens is 256 g/mol. The van der Waals surface area contributed by atoms with E-state index in [0.717, 1.165) is 52.1 Å². The van der Waals surface area contributed by atoms with E-state index in [0.29, 0.717) is 19.5 Å².